The lowest BCUT2D eigenvalue weighted by molar-refractivity contribution is 1.07. The second-order valence-corrected chi connectivity index (χ2v) is 12.1. The van der Waals surface area contributed by atoms with Crippen LogP contribution < -0.4 is 0 Å². The van der Waals surface area contributed by atoms with Gasteiger partial charge in [-0.2, -0.15) is 0 Å². The van der Waals surface area contributed by atoms with E-state index < -0.39 is 0 Å². The molecule has 4 nitrogen and oxygen atoms in total. The molecule has 10 aromatic rings. The standard InChI is InChI=1S/C43H28N4/c1-2-14-29(15-3-1)43-44-37-20-8-13-25-42(37)47(43)32-27-30(45-38-21-9-4-16-33(38)34-17-5-10-22-39(34)45)26-31(28-32)46-40-23-11-6-18-35(40)36-19-7-12-24-41(36)46/h1-28H. The molecule has 0 bridgehead atoms. The smallest absolute Gasteiger partial charge is 0.145 e. The van der Waals surface area contributed by atoms with Crippen molar-refractivity contribution in [2.45, 2.75) is 0 Å². The number of hydrogen-bond donors (Lipinski definition) is 0. The third-order valence-corrected chi connectivity index (χ3v) is 9.41. The molecule has 0 amide bonds. The van der Waals surface area contributed by atoms with Crippen LogP contribution in [0.4, 0.5) is 0 Å². The van der Waals surface area contributed by atoms with Gasteiger partial charge in [0, 0.05) is 27.1 Å². The van der Waals surface area contributed by atoms with Gasteiger partial charge in [-0.1, -0.05) is 115 Å². The van der Waals surface area contributed by atoms with E-state index in [9.17, 15) is 0 Å². The van der Waals surface area contributed by atoms with Crippen LogP contribution in [0.3, 0.4) is 0 Å². The van der Waals surface area contributed by atoms with E-state index in [2.05, 4.69) is 184 Å². The average Bonchev–Trinajstić information content (AvgIpc) is 3.80. The van der Waals surface area contributed by atoms with E-state index in [1.807, 2.05) is 0 Å². The summed E-state index contributed by atoms with van der Waals surface area (Å²) in [5.74, 6) is 0.916. The van der Waals surface area contributed by atoms with Gasteiger partial charge in [-0.05, 0) is 54.6 Å². The highest BCUT2D eigenvalue weighted by Crippen LogP contribution is 2.38. The molecule has 0 N–H and O–H groups in total. The van der Waals surface area contributed by atoms with E-state index in [0.717, 1.165) is 39.5 Å². The van der Waals surface area contributed by atoms with Crippen LogP contribution in [0.5, 0.6) is 0 Å². The van der Waals surface area contributed by atoms with Crippen molar-refractivity contribution >= 4 is 54.6 Å². The van der Waals surface area contributed by atoms with Gasteiger partial charge in [-0.3, -0.25) is 4.57 Å². The lowest BCUT2D eigenvalue weighted by atomic mass is 10.1. The van der Waals surface area contributed by atoms with E-state index in [4.69, 9.17) is 4.98 Å². The molecule has 0 radical (unpaired) electrons. The molecular weight excluding hydrogens is 573 g/mol. The number of para-hydroxylation sites is 6. The summed E-state index contributed by atoms with van der Waals surface area (Å²) >= 11 is 0. The number of hydrogen-bond acceptors (Lipinski definition) is 1. The Morgan fingerprint density at radius 2 is 0.681 bits per heavy atom. The summed E-state index contributed by atoms with van der Waals surface area (Å²) in [5.41, 5.74) is 11.1. The van der Waals surface area contributed by atoms with Gasteiger partial charge in [-0.25, -0.2) is 4.98 Å². The number of rotatable bonds is 4. The maximum absolute atomic E-state index is 5.19. The quantitative estimate of drug-likeness (QED) is 0.197. The van der Waals surface area contributed by atoms with Gasteiger partial charge in [0.05, 0.1) is 50.2 Å². The molecule has 47 heavy (non-hydrogen) atoms. The summed E-state index contributed by atoms with van der Waals surface area (Å²) in [6.45, 7) is 0. The highest BCUT2D eigenvalue weighted by atomic mass is 15.1. The molecule has 0 aliphatic heterocycles. The molecule has 3 heterocycles. The summed E-state index contributed by atoms with van der Waals surface area (Å²) in [6, 6.07) is 60.7. The van der Waals surface area contributed by atoms with Crippen LogP contribution in [-0.2, 0) is 0 Å². The molecule has 0 atom stereocenters. The van der Waals surface area contributed by atoms with Crippen LogP contribution in [0.1, 0.15) is 0 Å². The first kappa shape index (κ1) is 25.9. The Morgan fingerprint density at radius 3 is 1.15 bits per heavy atom. The number of benzene rings is 7. The minimum absolute atomic E-state index is 0.916. The summed E-state index contributed by atoms with van der Waals surface area (Å²) in [7, 11) is 0. The normalized spacial score (nSPS) is 11.8. The van der Waals surface area contributed by atoms with Gasteiger partial charge in [0.1, 0.15) is 5.82 Å². The van der Waals surface area contributed by atoms with E-state index in [1.54, 1.807) is 0 Å². The molecule has 0 unspecified atom stereocenters. The van der Waals surface area contributed by atoms with E-state index >= 15 is 0 Å². The number of imidazole rings is 1. The lowest BCUT2D eigenvalue weighted by Gasteiger charge is -2.17. The van der Waals surface area contributed by atoms with Gasteiger partial charge in [0.15, 0.2) is 0 Å². The Balaban J connectivity index is 1.37. The van der Waals surface area contributed by atoms with Crippen molar-refractivity contribution < 1.29 is 0 Å². The van der Waals surface area contributed by atoms with Crippen molar-refractivity contribution in [3.8, 4) is 28.5 Å². The third-order valence-electron chi connectivity index (χ3n) is 9.41. The predicted molar refractivity (Wildman–Crippen MR) is 195 cm³/mol. The van der Waals surface area contributed by atoms with Crippen LogP contribution in [0.25, 0.3) is 83.1 Å². The molecule has 7 aromatic carbocycles. The van der Waals surface area contributed by atoms with Gasteiger partial charge in [0.2, 0.25) is 0 Å². The minimum atomic E-state index is 0.916. The van der Waals surface area contributed by atoms with Gasteiger partial charge < -0.3 is 9.13 Å². The highest BCUT2D eigenvalue weighted by Gasteiger charge is 2.20. The maximum Gasteiger partial charge on any atom is 0.145 e. The van der Waals surface area contributed by atoms with Gasteiger partial charge in [0.25, 0.3) is 0 Å². The Morgan fingerprint density at radius 1 is 0.319 bits per heavy atom. The van der Waals surface area contributed by atoms with Crippen LogP contribution in [-0.4, -0.2) is 18.7 Å². The number of nitrogens with zero attached hydrogens (tertiary/aromatic N) is 4. The SMILES string of the molecule is c1ccc(-c2nc3ccccc3n2-c2cc(-n3c4ccccc4c4ccccc43)cc(-n3c4ccccc4c4ccccc43)c2)cc1. The van der Waals surface area contributed by atoms with Gasteiger partial charge in [-0.15, -0.1) is 0 Å². The molecule has 10 rings (SSSR count). The molecule has 0 aliphatic carbocycles. The van der Waals surface area contributed by atoms with Crippen LogP contribution in [0.2, 0.25) is 0 Å². The fourth-order valence-corrected chi connectivity index (χ4v) is 7.44. The number of fused-ring (bicyclic) bond motifs is 7. The third kappa shape index (κ3) is 3.85. The van der Waals surface area contributed by atoms with Crippen LogP contribution in [0, 0.1) is 0 Å². The van der Waals surface area contributed by atoms with Crippen LogP contribution in [0.15, 0.2) is 170 Å². The fourth-order valence-electron chi connectivity index (χ4n) is 7.44. The summed E-state index contributed by atoms with van der Waals surface area (Å²) in [5, 5.41) is 4.96. The summed E-state index contributed by atoms with van der Waals surface area (Å²) in [4.78, 5) is 5.19. The first-order valence-corrected chi connectivity index (χ1v) is 16.0. The molecule has 4 heteroatoms. The zero-order valence-corrected chi connectivity index (χ0v) is 25.5. The average molecular weight is 601 g/mol. The van der Waals surface area contributed by atoms with Crippen molar-refractivity contribution in [2.24, 2.45) is 0 Å². The molecule has 0 fully saturated rings. The van der Waals surface area contributed by atoms with Crippen molar-refractivity contribution in [1.29, 1.82) is 0 Å². The van der Waals surface area contributed by atoms with E-state index in [1.165, 1.54) is 43.6 Å². The summed E-state index contributed by atoms with van der Waals surface area (Å²) < 4.78 is 7.14. The Labute approximate surface area is 271 Å². The van der Waals surface area contributed by atoms with Crippen molar-refractivity contribution in [1.82, 2.24) is 18.7 Å². The molecule has 3 aromatic heterocycles. The molecule has 0 spiro atoms. The Hall–Kier alpha value is -6.39. The largest absolute Gasteiger partial charge is 0.309 e. The zero-order valence-electron chi connectivity index (χ0n) is 25.5. The Bertz CT molecular complexity index is 2560. The molecular formula is C43H28N4. The second kappa shape index (κ2) is 10.1. The molecule has 0 aliphatic rings. The van der Waals surface area contributed by atoms with E-state index in [-0.39, 0.29) is 0 Å². The first-order chi connectivity index (χ1) is 23.3. The maximum atomic E-state index is 5.19. The fraction of sp³-hybridized carbons (Fsp3) is 0. The van der Waals surface area contributed by atoms with Gasteiger partial charge >= 0.3 is 0 Å². The van der Waals surface area contributed by atoms with E-state index in [0.29, 0.717) is 0 Å². The minimum Gasteiger partial charge on any atom is -0.309 e. The summed E-state index contributed by atoms with van der Waals surface area (Å²) in [6.07, 6.45) is 0. The topological polar surface area (TPSA) is 27.7 Å². The van der Waals surface area contributed by atoms with Crippen molar-refractivity contribution in [2.75, 3.05) is 0 Å². The highest BCUT2D eigenvalue weighted by molar-refractivity contribution is 6.10. The predicted octanol–water partition coefficient (Wildman–Crippen LogP) is 10.9. The molecule has 0 saturated carbocycles. The Kier molecular flexibility index (Phi) is 5.54. The van der Waals surface area contributed by atoms with Crippen molar-refractivity contribution in [3.63, 3.8) is 0 Å². The van der Waals surface area contributed by atoms with Crippen molar-refractivity contribution in [3.05, 3.63) is 170 Å². The molecule has 0 saturated heterocycles. The second-order valence-electron chi connectivity index (χ2n) is 12.1. The van der Waals surface area contributed by atoms with Crippen LogP contribution >= 0.6 is 0 Å². The number of aromatic nitrogens is 4. The molecule has 220 valence electrons. The lowest BCUT2D eigenvalue weighted by Crippen LogP contribution is -2.04. The monoisotopic (exact) mass is 600 g/mol. The zero-order chi connectivity index (χ0) is 30.9. The first-order valence-electron chi connectivity index (χ1n) is 16.0.